The van der Waals surface area contributed by atoms with Gasteiger partial charge in [0, 0.05) is 0 Å². The zero-order valence-electron chi connectivity index (χ0n) is 10.5. The molecule has 2 rings (SSSR count). The number of rotatable bonds is 3. The summed E-state index contributed by atoms with van der Waals surface area (Å²) in [5.74, 6) is 0.398. The number of nitrogens with two attached hydrogens (primary N) is 1. The van der Waals surface area contributed by atoms with Crippen LogP contribution in [0.15, 0.2) is 30.3 Å². The van der Waals surface area contributed by atoms with Crippen LogP contribution in [0.5, 0.6) is 11.6 Å². The van der Waals surface area contributed by atoms with Crippen molar-refractivity contribution in [2.24, 2.45) is 0 Å². The van der Waals surface area contributed by atoms with Crippen molar-refractivity contribution in [1.29, 1.82) is 5.26 Å². The molecule has 100 valence electrons. The molecule has 20 heavy (non-hydrogen) atoms. The molecule has 2 N–H and O–H groups in total. The van der Waals surface area contributed by atoms with E-state index >= 15 is 0 Å². The first-order valence-electron chi connectivity index (χ1n) is 5.60. The van der Waals surface area contributed by atoms with E-state index in [-0.39, 0.29) is 17.4 Å². The van der Waals surface area contributed by atoms with E-state index in [1.54, 1.807) is 19.1 Å². The number of ether oxygens (including phenoxy) is 1. The molecular formula is C13H10N4O3. The Morgan fingerprint density at radius 1 is 1.40 bits per heavy atom. The summed E-state index contributed by atoms with van der Waals surface area (Å²) in [6.07, 6.45) is 0. The van der Waals surface area contributed by atoms with E-state index in [1.165, 1.54) is 12.1 Å². The second kappa shape index (κ2) is 5.24. The molecule has 1 aromatic carbocycles. The lowest BCUT2D eigenvalue weighted by atomic mass is 10.1. The molecule has 1 heterocycles. The maximum atomic E-state index is 10.7. The molecule has 2 aromatic rings. The third-order valence-corrected chi connectivity index (χ3v) is 2.55. The van der Waals surface area contributed by atoms with Crippen LogP contribution in [-0.4, -0.2) is 9.91 Å². The first kappa shape index (κ1) is 13.3. The van der Waals surface area contributed by atoms with Crippen LogP contribution < -0.4 is 10.5 Å². The zero-order valence-corrected chi connectivity index (χ0v) is 10.5. The molecule has 0 aliphatic heterocycles. The highest BCUT2D eigenvalue weighted by atomic mass is 16.6. The minimum absolute atomic E-state index is 0.00916. The molecular weight excluding hydrogens is 260 g/mol. The van der Waals surface area contributed by atoms with E-state index < -0.39 is 4.92 Å². The smallest absolute Gasteiger partial charge is 0.278 e. The number of pyridine rings is 1. The van der Waals surface area contributed by atoms with Gasteiger partial charge in [0.2, 0.25) is 5.88 Å². The number of nitriles is 1. The summed E-state index contributed by atoms with van der Waals surface area (Å²) in [5, 5.41) is 19.6. The third-order valence-electron chi connectivity index (χ3n) is 2.55. The van der Waals surface area contributed by atoms with E-state index in [4.69, 9.17) is 15.7 Å². The van der Waals surface area contributed by atoms with Gasteiger partial charge >= 0.3 is 0 Å². The van der Waals surface area contributed by atoms with Crippen molar-refractivity contribution < 1.29 is 9.66 Å². The normalized spacial score (nSPS) is 9.80. The lowest BCUT2D eigenvalue weighted by Gasteiger charge is -2.08. The van der Waals surface area contributed by atoms with E-state index in [0.717, 1.165) is 11.6 Å². The third kappa shape index (κ3) is 2.81. The molecule has 0 amide bonds. The van der Waals surface area contributed by atoms with Crippen LogP contribution in [0.3, 0.4) is 0 Å². The largest absolute Gasteiger partial charge is 0.438 e. The van der Waals surface area contributed by atoms with Gasteiger partial charge < -0.3 is 10.5 Å². The molecule has 7 nitrogen and oxygen atoms in total. The van der Waals surface area contributed by atoms with Crippen LogP contribution >= 0.6 is 0 Å². The number of nitrogens with zero attached hydrogens (tertiary/aromatic N) is 3. The lowest BCUT2D eigenvalue weighted by molar-refractivity contribution is -0.384. The molecule has 0 aliphatic rings. The van der Waals surface area contributed by atoms with Gasteiger partial charge in [-0.15, -0.1) is 0 Å². The number of aromatic nitrogens is 1. The van der Waals surface area contributed by atoms with Gasteiger partial charge in [0.15, 0.2) is 0 Å². The summed E-state index contributed by atoms with van der Waals surface area (Å²) in [5.41, 5.74) is 6.48. The standard InChI is InChI=1S/C13H10N4O3/c1-8-2-3-9(7-14)4-11(8)20-13-6-10(17(18)19)5-12(15)16-13/h2-6H,1H3,(H2,15,16). The molecule has 0 aliphatic carbocycles. The van der Waals surface area contributed by atoms with Crippen molar-refractivity contribution in [3.8, 4) is 17.7 Å². The number of aryl methyl sites for hydroxylation is 1. The average molecular weight is 270 g/mol. The number of benzene rings is 1. The summed E-state index contributed by atoms with van der Waals surface area (Å²) < 4.78 is 5.48. The van der Waals surface area contributed by atoms with Crippen LogP contribution in [0.1, 0.15) is 11.1 Å². The van der Waals surface area contributed by atoms with E-state index in [1.807, 2.05) is 6.07 Å². The molecule has 1 aromatic heterocycles. The summed E-state index contributed by atoms with van der Waals surface area (Å²) >= 11 is 0. The number of anilines is 1. The highest BCUT2D eigenvalue weighted by molar-refractivity contribution is 5.48. The Kier molecular flexibility index (Phi) is 3.48. The first-order chi connectivity index (χ1) is 9.49. The van der Waals surface area contributed by atoms with E-state index in [9.17, 15) is 10.1 Å². The van der Waals surface area contributed by atoms with Crippen molar-refractivity contribution in [3.05, 3.63) is 51.6 Å². The molecule has 0 bridgehead atoms. The fourth-order valence-corrected chi connectivity index (χ4v) is 1.56. The first-order valence-corrected chi connectivity index (χ1v) is 5.60. The summed E-state index contributed by atoms with van der Waals surface area (Å²) in [6.45, 7) is 1.79. The van der Waals surface area contributed by atoms with Gasteiger partial charge in [-0.05, 0) is 24.6 Å². The van der Waals surface area contributed by atoms with Gasteiger partial charge in [-0.25, -0.2) is 0 Å². The maximum Gasteiger partial charge on any atom is 0.278 e. The molecule has 0 spiro atoms. The Morgan fingerprint density at radius 3 is 2.80 bits per heavy atom. The monoisotopic (exact) mass is 270 g/mol. The van der Waals surface area contributed by atoms with Crippen molar-refractivity contribution in [1.82, 2.24) is 4.98 Å². The Morgan fingerprint density at radius 2 is 2.15 bits per heavy atom. The van der Waals surface area contributed by atoms with E-state index in [2.05, 4.69) is 4.98 Å². The van der Waals surface area contributed by atoms with Crippen LogP contribution in [-0.2, 0) is 0 Å². The molecule has 0 fully saturated rings. The molecule has 0 saturated carbocycles. The van der Waals surface area contributed by atoms with Crippen LogP contribution in [0.25, 0.3) is 0 Å². The summed E-state index contributed by atoms with van der Waals surface area (Å²) in [4.78, 5) is 14.0. The summed E-state index contributed by atoms with van der Waals surface area (Å²) in [7, 11) is 0. The second-order valence-electron chi connectivity index (χ2n) is 4.04. The fourth-order valence-electron chi connectivity index (χ4n) is 1.56. The Labute approximate surface area is 114 Å². The van der Waals surface area contributed by atoms with Crippen LogP contribution in [0, 0.1) is 28.4 Å². The Bertz CT molecular complexity index is 722. The Hall–Kier alpha value is -3.14. The lowest BCUT2D eigenvalue weighted by Crippen LogP contribution is -1.98. The van der Waals surface area contributed by atoms with Gasteiger partial charge in [-0.2, -0.15) is 10.2 Å². The summed E-state index contributed by atoms with van der Waals surface area (Å²) in [6, 6.07) is 9.21. The fraction of sp³-hybridized carbons (Fsp3) is 0.0769. The molecule has 7 heteroatoms. The van der Waals surface area contributed by atoms with Crippen LogP contribution in [0.4, 0.5) is 11.5 Å². The van der Waals surface area contributed by atoms with Crippen molar-refractivity contribution >= 4 is 11.5 Å². The minimum Gasteiger partial charge on any atom is -0.438 e. The quantitative estimate of drug-likeness (QED) is 0.676. The van der Waals surface area contributed by atoms with Gasteiger partial charge in [0.25, 0.3) is 5.69 Å². The zero-order chi connectivity index (χ0) is 14.7. The van der Waals surface area contributed by atoms with Gasteiger partial charge in [-0.1, -0.05) is 6.07 Å². The molecule has 0 unspecified atom stereocenters. The van der Waals surface area contributed by atoms with Gasteiger partial charge in [0.1, 0.15) is 11.6 Å². The second-order valence-corrected chi connectivity index (χ2v) is 4.04. The van der Waals surface area contributed by atoms with Gasteiger partial charge in [0.05, 0.1) is 28.7 Å². The number of hydrogen-bond acceptors (Lipinski definition) is 6. The van der Waals surface area contributed by atoms with Gasteiger partial charge in [-0.3, -0.25) is 10.1 Å². The molecule has 0 saturated heterocycles. The highest BCUT2D eigenvalue weighted by Gasteiger charge is 2.12. The van der Waals surface area contributed by atoms with Crippen LogP contribution in [0.2, 0.25) is 0 Å². The average Bonchev–Trinajstić information content (AvgIpc) is 2.40. The Balaban J connectivity index is 2.40. The van der Waals surface area contributed by atoms with Crippen molar-refractivity contribution in [2.75, 3.05) is 5.73 Å². The molecule has 0 radical (unpaired) electrons. The number of hydrogen-bond donors (Lipinski definition) is 1. The highest BCUT2D eigenvalue weighted by Crippen LogP contribution is 2.28. The predicted molar refractivity (Wildman–Crippen MR) is 71.3 cm³/mol. The SMILES string of the molecule is Cc1ccc(C#N)cc1Oc1cc([N+](=O)[O-])cc(N)n1. The van der Waals surface area contributed by atoms with Crippen molar-refractivity contribution in [2.45, 2.75) is 6.92 Å². The van der Waals surface area contributed by atoms with E-state index in [0.29, 0.717) is 11.3 Å². The minimum atomic E-state index is -0.580. The number of nitro groups is 1. The predicted octanol–water partition coefficient (Wildman–Crippen LogP) is 2.54. The van der Waals surface area contributed by atoms with Crippen molar-refractivity contribution in [3.63, 3.8) is 0 Å². The number of nitrogen functional groups attached to an aromatic ring is 1. The maximum absolute atomic E-state index is 10.7. The topological polar surface area (TPSA) is 115 Å². The molecule has 0 atom stereocenters.